The van der Waals surface area contributed by atoms with Gasteiger partial charge in [0.05, 0.1) is 28.5 Å². The summed E-state index contributed by atoms with van der Waals surface area (Å²) in [6, 6.07) is 15.4. The zero-order chi connectivity index (χ0) is 24.2. The number of esters is 1. The van der Waals surface area contributed by atoms with Crippen molar-refractivity contribution in [2.75, 3.05) is 13.2 Å². The lowest BCUT2D eigenvalue weighted by Gasteiger charge is -2.24. The average Bonchev–Trinajstić information content (AvgIpc) is 3.12. The standard InChI is InChI=1S/C25H22N2O6S/c1-3-32-24(31)21-15(2)26-25-27(22(21)17-9-5-4-6-10-17)23(30)19(34-25)13-16-8-7-11-18(12-16)33-14-20(28)29/h4-13,22H,3,14H2,1-2H3,(H,28,29)/t22-/m1/s1. The Kier molecular flexibility index (Phi) is 6.74. The van der Waals surface area contributed by atoms with Gasteiger partial charge in [-0.15, -0.1) is 0 Å². The van der Waals surface area contributed by atoms with Gasteiger partial charge in [-0.2, -0.15) is 0 Å². The van der Waals surface area contributed by atoms with Crippen molar-refractivity contribution in [2.24, 2.45) is 4.99 Å². The summed E-state index contributed by atoms with van der Waals surface area (Å²) in [5, 5.41) is 8.82. The summed E-state index contributed by atoms with van der Waals surface area (Å²) in [5.41, 5.74) is 1.99. The maximum absolute atomic E-state index is 13.5. The number of rotatable bonds is 7. The third-order valence-corrected chi connectivity index (χ3v) is 6.13. The van der Waals surface area contributed by atoms with Gasteiger partial charge in [-0.3, -0.25) is 9.36 Å². The number of carboxylic acid groups (broad SMARTS) is 1. The summed E-state index contributed by atoms with van der Waals surface area (Å²) in [6.45, 7) is 3.22. The van der Waals surface area contributed by atoms with E-state index in [-0.39, 0.29) is 12.2 Å². The Hall–Kier alpha value is -3.98. The molecule has 2 aromatic carbocycles. The van der Waals surface area contributed by atoms with Crippen molar-refractivity contribution < 1.29 is 24.2 Å². The van der Waals surface area contributed by atoms with Crippen molar-refractivity contribution in [3.8, 4) is 5.75 Å². The van der Waals surface area contributed by atoms with E-state index in [1.807, 2.05) is 30.3 Å². The van der Waals surface area contributed by atoms with Gasteiger partial charge in [0, 0.05) is 0 Å². The molecule has 8 nitrogen and oxygen atoms in total. The lowest BCUT2D eigenvalue weighted by Crippen LogP contribution is -2.39. The highest BCUT2D eigenvalue weighted by molar-refractivity contribution is 7.07. The summed E-state index contributed by atoms with van der Waals surface area (Å²) in [6.07, 6.45) is 1.70. The number of allylic oxidation sites excluding steroid dienone is 1. The third kappa shape index (κ3) is 4.69. The molecule has 0 spiro atoms. The van der Waals surface area contributed by atoms with Crippen molar-refractivity contribution in [1.82, 2.24) is 4.57 Å². The molecule has 0 bridgehead atoms. The van der Waals surface area contributed by atoms with Crippen molar-refractivity contribution in [3.05, 3.63) is 96.7 Å². The monoisotopic (exact) mass is 478 g/mol. The zero-order valence-electron chi connectivity index (χ0n) is 18.6. The van der Waals surface area contributed by atoms with E-state index >= 15 is 0 Å². The molecule has 2 heterocycles. The zero-order valence-corrected chi connectivity index (χ0v) is 19.4. The Morgan fingerprint density at radius 3 is 2.65 bits per heavy atom. The third-order valence-electron chi connectivity index (χ3n) is 5.15. The lowest BCUT2D eigenvalue weighted by atomic mass is 9.96. The fourth-order valence-electron chi connectivity index (χ4n) is 3.73. The number of benzene rings is 2. The molecule has 34 heavy (non-hydrogen) atoms. The van der Waals surface area contributed by atoms with E-state index in [9.17, 15) is 14.4 Å². The maximum Gasteiger partial charge on any atom is 0.341 e. The van der Waals surface area contributed by atoms with Gasteiger partial charge in [0.15, 0.2) is 11.4 Å². The fourth-order valence-corrected chi connectivity index (χ4v) is 4.78. The highest BCUT2D eigenvalue weighted by Crippen LogP contribution is 2.30. The summed E-state index contributed by atoms with van der Waals surface area (Å²) >= 11 is 1.22. The van der Waals surface area contributed by atoms with E-state index in [4.69, 9.17) is 14.6 Å². The lowest BCUT2D eigenvalue weighted by molar-refractivity contribution is -0.140. The number of hydrogen-bond donors (Lipinski definition) is 1. The van der Waals surface area contributed by atoms with Crippen LogP contribution in [0.2, 0.25) is 0 Å². The first-order valence-corrected chi connectivity index (χ1v) is 11.4. The Balaban J connectivity index is 1.84. The molecule has 4 rings (SSSR count). The number of ether oxygens (including phenoxy) is 2. The van der Waals surface area contributed by atoms with E-state index in [2.05, 4.69) is 4.99 Å². The molecule has 1 aliphatic heterocycles. The molecule has 1 aliphatic rings. The summed E-state index contributed by atoms with van der Waals surface area (Å²) in [5.74, 6) is -1.20. The van der Waals surface area contributed by atoms with Crippen LogP contribution in [-0.2, 0) is 14.3 Å². The predicted octanol–water partition coefficient (Wildman–Crippen LogP) is 2.26. The number of carboxylic acids is 1. The number of aliphatic carboxylic acids is 1. The molecule has 0 saturated carbocycles. The Bertz CT molecular complexity index is 1450. The van der Waals surface area contributed by atoms with Crippen LogP contribution in [0.25, 0.3) is 6.08 Å². The number of aromatic nitrogens is 1. The normalized spacial score (nSPS) is 15.5. The van der Waals surface area contributed by atoms with E-state index in [1.54, 1.807) is 44.2 Å². The number of thiazole rings is 1. The molecule has 1 aromatic heterocycles. The quantitative estimate of drug-likeness (QED) is 0.522. The van der Waals surface area contributed by atoms with Crippen LogP contribution in [0, 0.1) is 0 Å². The molecule has 3 aromatic rings. The number of carbonyl (C=O) groups excluding carboxylic acids is 1. The highest BCUT2D eigenvalue weighted by atomic mass is 32.1. The first kappa shape index (κ1) is 23.2. The van der Waals surface area contributed by atoms with E-state index in [0.29, 0.717) is 31.9 Å². The van der Waals surface area contributed by atoms with Crippen LogP contribution in [0.5, 0.6) is 5.75 Å². The highest BCUT2D eigenvalue weighted by Gasteiger charge is 2.33. The molecular formula is C25H22N2O6S. The van der Waals surface area contributed by atoms with Crippen LogP contribution in [0.3, 0.4) is 0 Å². The molecule has 0 radical (unpaired) electrons. The predicted molar refractivity (Wildman–Crippen MR) is 126 cm³/mol. The molecule has 174 valence electrons. The second-order valence-corrected chi connectivity index (χ2v) is 8.48. The van der Waals surface area contributed by atoms with Gasteiger partial charge >= 0.3 is 11.9 Å². The minimum atomic E-state index is -1.08. The smallest absolute Gasteiger partial charge is 0.341 e. The molecule has 0 aliphatic carbocycles. The summed E-state index contributed by atoms with van der Waals surface area (Å²) < 4.78 is 12.5. The Labute approximate surface area is 198 Å². The van der Waals surface area contributed by atoms with Crippen molar-refractivity contribution in [3.63, 3.8) is 0 Å². The Morgan fingerprint density at radius 1 is 1.18 bits per heavy atom. The van der Waals surface area contributed by atoms with Gasteiger partial charge in [-0.05, 0) is 43.2 Å². The minimum Gasteiger partial charge on any atom is -0.482 e. The first-order valence-electron chi connectivity index (χ1n) is 10.6. The number of fused-ring (bicyclic) bond motifs is 1. The largest absolute Gasteiger partial charge is 0.482 e. The maximum atomic E-state index is 13.5. The van der Waals surface area contributed by atoms with Gasteiger partial charge in [-0.25, -0.2) is 14.6 Å². The van der Waals surface area contributed by atoms with Crippen LogP contribution < -0.4 is 19.6 Å². The van der Waals surface area contributed by atoms with Crippen molar-refractivity contribution in [2.45, 2.75) is 19.9 Å². The molecule has 0 amide bonds. The molecule has 0 unspecified atom stereocenters. The van der Waals surface area contributed by atoms with Crippen molar-refractivity contribution >= 4 is 29.4 Å². The number of hydrogen-bond acceptors (Lipinski definition) is 7. The van der Waals surface area contributed by atoms with Crippen LogP contribution in [-0.4, -0.2) is 34.8 Å². The SMILES string of the molecule is CCOC(=O)C1=C(C)N=c2sc(=Cc3cccc(OCC(=O)O)c3)c(=O)n2[C@@H]1c1ccccc1. The van der Waals surface area contributed by atoms with Gasteiger partial charge in [0.2, 0.25) is 0 Å². The van der Waals surface area contributed by atoms with Crippen LogP contribution in [0.4, 0.5) is 0 Å². The fraction of sp³-hybridized carbons (Fsp3) is 0.200. The molecule has 9 heteroatoms. The second kappa shape index (κ2) is 9.88. The van der Waals surface area contributed by atoms with E-state index in [0.717, 1.165) is 5.56 Å². The average molecular weight is 479 g/mol. The molecule has 0 fully saturated rings. The van der Waals surface area contributed by atoms with Crippen LogP contribution in [0.15, 0.2) is 75.7 Å². The molecule has 1 N–H and O–H groups in total. The first-order chi connectivity index (χ1) is 16.4. The second-order valence-electron chi connectivity index (χ2n) is 7.47. The van der Waals surface area contributed by atoms with Gasteiger partial charge < -0.3 is 14.6 Å². The van der Waals surface area contributed by atoms with Gasteiger partial charge in [0.1, 0.15) is 5.75 Å². The summed E-state index contributed by atoms with van der Waals surface area (Å²) in [7, 11) is 0. The van der Waals surface area contributed by atoms with E-state index < -0.39 is 24.6 Å². The molecular weight excluding hydrogens is 456 g/mol. The molecule has 1 atom stereocenters. The van der Waals surface area contributed by atoms with Crippen LogP contribution >= 0.6 is 11.3 Å². The van der Waals surface area contributed by atoms with Crippen LogP contribution in [0.1, 0.15) is 31.0 Å². The van der Waals surface area contributed by atoms with Gasteiger partial charge in [0.25, 0.3) is 5.56 Å². The van der Waals surface area contributed by atoms with Crippen molar-refractivity contribution in [1.29, 1.82) is 0 Å². The minimum absolute atomic E-state index is 0.210. The Morgan fingerprint density at radius 2 is 1.94 bits per heavy atom. The molecule has 0 saturated heterocycles. The topological polar surface area (TPSA) is 107 Å². The van der Waals surface area contributed by atoms with Gasteiger partial charge in [-0.1, -0.05) is 53.8 Å². The number of carbonyl (C=O) groups is 2. The number of nitrogens with zero attached hydrogens (tertiary/aromatic N) is 2. The van der Waals surface area contributed by atoms with E-state index in [1.165, 1.54) is 15.9 Å². The summed E-state index contributed by atoms with van der Waals surface area (Å²) in [4.78, 5) is 42.2.